The SMILES string of the molecule is COC(=O)c1cccc(NC(=O)C(C)(C)C(=O)Nc2ccccc2C(C)C)c1. The molecule has 2 aromatic rings. The summed E-state index contributed by atoms with van der Waals surface area (Å²) in [4.78, 5) is 37.2. The zero-order chi connectivity index (χ0) is 20.9. The summed E-state index contributed by atoms with van der Waals surface area (Å²) in [5, 5.41) is 5.56. The largest absolute Gasteiger partial charge is 0.465 e. The average molecular weight is 382 g/mol. The summed E-state index contributed by atoms with van der Waals surface area (Å²) >= 11 is 0. The zero-order valence-electron chi connectivity index (χ0n) is 16.8. The van der Waals surface area contributed by atoms with E-state index in [2.05, 4.69) is 15.4 Å². The number of methoxy groups -OCH3 is 1. The molecule has 0 saturated heterocycles. The van der Waals surface area contributed by atoms with Crippen molar-refractivity contribution in [3.63, 3.8) is 0 Å². The van der Waals surface area contributed by atoms with Crippen LogP contribution < -0.4 is 10.6 Å². The van der Waals surface area contributed by atoms with Gasteiger partial charge in [0.1, 0.15) is 5.41 Å². The Bertz CT molecular complexity index is 888. The normalized spacial score (nSPS) is 11.1. The molecule has 0 saturated carbocycles. The molecule has 0 atom stereocenters. The first-order valence-corrected chi connectivity index (χ1v) is 9.07. The molecule has 148 valence electrons. The van der Waals surface area contributed by atoms with Crippen LogP contribution in [0.2, 0.25) is 0 Å². The molecular weight excluding hydrogens is 356 g/mol. The van der Waals surface area contributed by atoms with Gasteiger partial charge >= 0.3 is 5.97 Å². The van der Waals surface area contributed by atoms with Crippen molar-refractivity contribution in [3.8, 4) is 0 Å². The van der Waals surface area contributed by atoms with Gasteiger partial charge in [0.2, 0.25) is 11.8 Å². The first-order valence-electron chi connectivity index (χ1n) is 9.07. The lowest BCUT2D eigenvalue weighted by Gasteiger charge is -2.24. The minimum Gasteiger partial charge on any atom is -0.465 e. The Morgan fingerprint density at radius 2 is 1.57 bits per heavy atom. The number of carbonyl (C=O) groups excluding carboxylic acids is 3. The van der Waals surface area contributed by atoms with E-state index in [0.717, 1.165) is 5.56 Å². The Labute approximate surface area is 165 Å². The third kappa shape index (κ3) is 4.76. The van der Waals surface area contributed by atoms with Gasteiger partial charge in [-0.2, -0.15) is 0 Å². The Balaban J connectivity index is 2.16. The van der Waals surface area contributed by atoms with Gasteiger partial charge in [0.15, 0.2) is 0 Å². The topological polar surface area (TPSA) is 84.5 Å². The van der Waals surface area contributed by atoms with Crippen molar-refractivity contribution in [2.75, 3.05) is 17.7 Å². The van der Waals surface area contributed by atoms with Gasteiger partial charge in [-0.1, -0.05) is 38.1 Å². The summed E-state index contributed by atoms with van der Waals surface area (Å²) in [6.45, 7) is 7.19. The third-order valence-corrected chi connectivity index (χ3v) is 4.51. The summed E-state index contributed by atoms with van der Waals surface area (Å²) in [5.41, 5.74) is 1.09. The van der Waals surface area contributed by atoms with E-state index in [-0.39, 0.29) is 5.92 Å². The Kier molecular flexibility index (Phi) is 6.57. The summed E-state index contributed by atoms with van der Waals surface area (Å²) in [5.74, 6) is -1.16. The predicted molar refractivity (Wildman–Crippen MR) is 109 cm³/mol. The van der Waals surface area contributed by atoms with Crippen LogP contribution in [0.1, 0.15) is 49.5 Å². The number of benzene rings is 2. The van der Waals surface area contributed by atoms with E-state index in [1.165, 1.54) is 13.2 Å². The van der Waals surface area contributed by atoms with Gasteiger partial charge in [0.25, 0.3) is 0 Å². The van der Waals surface area contributed by atoms with Gasteiger partial charge in [-0.05, 0) is 49.6 Å². The Morgan fingerprint density at radius 3 is 2.21 bits per heavy atom. The molecule has 6 heteroatoms. The first-order chi connectivity index (χ1) is 13.2. The van der Waals surface area contributed by atoms with Crippen molar-refractivity contribution in [3.05, 3.63) is 59.7 Å². The molecule has 0 bridgehead atoms. The smallest absolute Gasteiger partial charge is 0.337 e. The van der Waals surface area contributed by atoms with Crippen LogP contribution in [-0.4, -0.2) is 24.9 Å². The maximum absolute atomic E-state index is 12.8. The minimum atomic E-state index is -1.33. The van der Waals surface area contributed by atoms with Gasteiger partial charge in [-0.3, -0.25) is 9.59 Å². The van der Waals surface area contributed by atoms with Crippen LogP contribution in [0.5, 0.6) is 0 Å². The van der Waals surface area contributed by atoms with Gasteiger partial charge in [0, 0.05) is 11.4 Å². The summed E-state index contributed by atoms with van der Waals surface area (Å²) in [6, 6.07) is 13.9. The van der Waals surface area contributed by atoms with Crippen LogP contribution in [0.15, 0.2) is 48.5 Å². The van der Waals surface area contributed by atoms with Crippen molar-refractivity contribution in [1.29, 1.82) is 0 Å². The van der Waals surface area contributed by atoms with Crippen LogP contribution in [-0.2, 0) is 14.3 Å². The number of anilines is 2. The number of esters is 1. The second-order valence-corrected chi connectivity index (χ2v) is 7.35. The molecule has 0 radical (unpaired) electrons. The standard InChI is InChI=1S/C22H26N2O4/c1-14(2)17-11-6-7-12-18(17)24-21(27)22(3,4)20(26)23-16-10-8-9-15(13-16)19(25)28-5/h6-14H,1-5H3,(H,23,26)(H,24,27). The Morgan fingerprint density at radius 1 is 0.929 bits per heavy atom. The molecule has 6 nitrogen and oxygen atoms in total. The zero-order valence-corrected chi connectivity index (χ0v) is 16.8. The van der Waals surface area contributed by atoms with Crippen molar-refractivity contribution >= 4 is 29.2 Å². The molecule has 2 amide bonds. The highest BCUT2D eigenvalue weighted by molar-refractivity contribution is 6.14. The molecule has 0 unspecified atom stereocenters. The third-order valence-electron chi connectivity index (χ3n) is 4.51. The highest BCUT2D eigenvalue weighted by Gasteiger charge is 2.36. The van der Waals surface area contributed by atoms with Gasteiger partial charge < -0.3 is 15.4 Å². The molecule has 0 aliphatic carbocycles. The molecule has 0 aromatic heterocycles. The van der Waals surface area contributed by atoms with Crippen molar-refractivity contribution in [2.45, 2.75) is 33.6 Å². The average Bonchev–Trinajstić information content (AvgIpc) is 2.67. The summed E-state index contributed by atoms with van der Waals surface area (Å²) in [6.07, 6.45) is 0. The maximum atomic E-state index is 12.8. The number of ether oxygens (including phenoxy) is 1. The molecule has 28 heavy (non-hydrogen) atoms. The highest BCUT2D eigenvalue weighted by atomic mass is 16.5. The summed E-state index contributed by atoms with van der Waals surface area (Å²) < 4.78 is 4.68. The van der Waals surface area contributed by atoms with E-state index in [9.17, 15) is 14.4 Å². The number of carbonyl (C=O) groups is 3. The lowest BCUT2D eigenvalue weighted by atomic mass is 9.90. The van der Waals surface area contributed by atoms with Crippen molar-refractivity contribution in [2.24, 2.45) is 5.41 Å². The minimum absolute atomic E-state index is 0.231. The van der Waals surface area contributed by atoms with Crippen molar-refractivity contribution < 1.29 is 19.1 Å². The lowest BCUT2D eigenvalue weighted by molar-refractivity contribution is -0.135. The van der Waals surface area contributed by atoms with Crippen molar-refractivity contribution in [1.82, 2.24) is 0 Å². The summed E-state index contributed by atoms with van der Waals surface area (Å²) in [7, 11) is 1.29. The molecule has 2 rings (SSSR count). The second-order valence-electron chi connectivity index (χ2n) is 7.35. The molecular formula is C22H26N2O4. The van der Waals surface area contributed by atoms with Gasteiger partial charge in [-0.25, -0.2) is 4.79 Å². The molecule has 0 spiro atoms. The van der Waals surface area contributed by atoms with E-state index in [0.29, 0.717) is 16.9 Å². The number of amides is 2. The van der Waals surface area contributed by atoms with Crippen LogP contribution >= 0.6 is 0 Å². The first kappa shape index (κ1) is 21.2. The lowest BCUT2D eigenvalue weighted by Crippen LogP contribution is -2.41. The van der Waals surface area contributed by atoms with E-state index in [1.54, 1.807) is 32.0 Å². The van der Waals surface area contributed by atoms with Crippen LogP contribution in [0.3, 0.4) is 0 Å². The van der Waals surface area contributed by atoms with E-state index < -0.39 is 23.2 Å². The van der Waals surface area contributed by atoms with Crippen LogP contribution in [0, 0.1) is 5.41 Å². The van der Waals surface area contributed by atoms with Crippen LogP contribution in [0.4, 0.5) is 11.4 Å². The van der Waals surface area contributed by atoms with Gasteiger partial charge in [-0.15, -0.1) is 0 Å². The number of para-hydroxylation sites is 1. The van der Waals surface area contributed by atoms with Gasteiger partial charge in [0.05, 0.1) is 12.7 Å². The van der Waals surface area contributed by atoms with E-state index >= 15 is 0 Å². The predicted octanol–water partition coefficient (Wildman–Crippen LogP) is 4.20. The van der Waals surface area contributed by atoms with E-state index in [1.807, 2.05) is 38.1 Å². The molecule has 0 fully saturated rings. The molecule has 2 aromatic carbocycles. The van der Waals surface area contributed by atoms with E-state index in [4.69, 9.17) is 0 Å². The number of hydrogen-bond acceptors (Lipinski definition) is 4. The number of hydrogen-bond donors (Lipinski definition) is 2. The fraction of sp³-hybridized carbons (Fsp3) is 0.318. The fourth-order valence-electron chi connectivity index (χ4n) is 2.63. The Hall–Kier alpha value is -3.15. The molecule has 0 aliphatic heterocycles. The molecule has 0 heterocycles. The maximum Gasteiger partial charge on any atom is 0.337 e. The molecule has 2 N–H and O–H groups in total. The number of rotatable bonds is 6. The number of nitrogens with one attached hydrogen (secondary N) is 2. The quantitative estimate of drug-likeness (QED) is 0.579. The fourth-order valence-corrected chi connectivity index (χ4v) is 2.63. The molecule has 0 aliphatic rings. The second kappa shape index (κ2) is 8.69. The highest BCUT2D eigenvalue weighted by Crippen LogP contribution is 2.27. The van der Waals surface area contributed by atoms with Crippen LogP contribution in [0.25, 0.3) is 0 Å². The monoisotopic (exact) mass is 382 g/mol.